The summed E-state index contributed by atoms with van der Waals surface area (Å²) in [6, 6.07) is 1.30. The molecule has 5 heteroatoms. The summed E-state index contributed by atoms with van der Waals surface area (Å²) in [5.74, 6) is 6.46. The van der Waals surface area contributed by atoms with Crippen LogP contribution in [0.15, 0.2) is 0 Å². The Morgan fingerprint density at radius 1 is 1.28 bits per heavy atom. The molecule has 3 rings (SSSR count). The summed E-state index contributed by atoms with van der Waals surface area (Å²) >= 11 is 4.19. The molecule has 104 valence electrons. The summed E-state index contributed by atoms with van der Waals surface area (Å²) in [4.78, 5) is 0. The molecule has 1 aliphatic carbocycles. The second-order valence-corrected chi connectivity index (χ2v) is 7.75. The van der Waals surface area contributed by atoms with Crippen LogP contribution in [0.25, 0.3) is 0 Å². The number of hydrogen-bond acceptors (Lipinski definition) is 5. The topological polar surface area (TPSA) is 30.5 Å². The molecule has 0 bridgehead atoms. The van der Waals surface area contributed by atoms with E-state index in [0.717, 1.165) is 19.1 Å². The van der Waals surface area contributed by atoms with Gasteiger partial charge in [-0.25, -0.2) is 0 Å². The fraction of sp³-hybridized carbons (Fsp3) is 1.00. The van der Waals surface area contributed by atoms with Crippen LogP contribution in [0, 0.1) is 11.8 Å². The minimum absolute atomic E-state index is 0.466. The van der Waals surface area contributed by atoms with E-state index in [1.54, 1.807) is 7.11 Å². The summed E-state index contributed by atoms with van der Waals surface area (Å²) in [6.07, 6.45) is 1.70. The Bertz CT molecular complexity index is 272. The smallest absolute Gasteiger partial charge is 0.0684 e. The Labute approximate surface area is 118 Å². The summed E-state index contributed by atoms with van der Waals surface area (Å²) in [7, 11) is 1.80. The highest BCUT2D eigenvalue weighted by atomic mass is 32.2. The van der Waals surface area contributed by atoms with Crippen molar-refractivity contribution >= 4 is 23.5 Å². The van der Waals surface area contributed by atoms with Gasteiger partial charge in [-0.15, -0.1) is 0 Å². The van der Waals surface area contributed by atoms with E-state index in [1.165, 1.54) is 29.4 Å². The molecule has 3 nitrogen and oxygen atoms in total. The minimum atomic E-state index is 0.466. The molecule has 1 N–H and O–H groups in total. The Morgan fingerprint density at radius 3 is 2.78 bits per heavy atom. The molecule has 0 aromatic heterocycles. The molecule has 4 atom stereocenters. The van der Waals surface area contributed by atoms with Crippen molar-refractivity contribution in [2.45, 2.75) is 24.6 Å². The van der Waals surface area contributed by atoms with Crippen LogP contribution in [0.1, 0.15) is 6.42 Å². The van der Waals surface area contributed by atoms with Gasteiger partial charge in [0.2, 0.25) is 0 Å². The maximum atomic E-state index is 5.83. The maximum absolute atomic E-state index is 5.83. The quantitative estimate of drug-likeness (QED) is 0.847. The third-order valence-corrected chi connectivity index (χ3v) is 6.85. The number of hydrogen-bond donors (Lipinski definition) is 1. The van der Waals surface area contributed by atoms with Crippen molar-refractivity contribution in [2.75, 3.05) is 43.3 Å². The molecule has 0 aromatic rings. The molecule has 3 aliphatic rings. The third-order valence-electron chi connectivity index (χ3n) is 4.33. The summed E-state index contributed by atoms with van der Waals surface area (Å²) in [5, 5.41) is 3.90. The molecule has 0 spiro atoms. The van der Waals surface area contributed by atoms with Crippen molar-refractivity contribution in [2.24, 2.45) is 11.8 Å². The lowest BCUT2D eigenvalue weighted by atomic mass is 9.67. The van der Waals surface area contributed by atoms with Crippen molar-refractivity contribution in [3.05, 3.63) is 0 Å². The van der Waals surface area contributed by atoms with E-state index in [4.69, 9.17) is 9.47 Å². The second kappa shape index (κ2) is 6.35. The van der Waals surface area contributed by atoms with Gasteiger partial charge in [-0.3, -0.25) is 0 Å². The van der Waals surface area contributed by atoms with Crippen LogP contribution in [-0.2, 0) is 9.47 Å². The molecular formula is C13H23NO2S2. The molecule has 3 fully saturated rings. The van der Waals surface area contributed by atoms with Crippen molar-refractivity contribution in [3.63, 3.8) is 0 Å². The van der Waals surface area contributed by atoms with Crippen molar-refractivity contribution in [1.82, 2.24) is 5.32 Å². The number of fused-ring (bicyclic) bond motifs is 1. The van der Waals surface area contributed by atoms with Gasteiger partial charge in [-0.1, -0.05) is 0 Å². The van der Waals surface area contributed by atoms with Gasteiger partial charge in [0, 0.05) is 60.6 Å². The Hall–Kier alpha value is 0.580. The molecule has 18 heavy (non-hydrogen) atoms. The summed E-state index contributed by atoms with van der Waals surface area (Å²) in [5.41, 5.74) is 0. The zero-order valence-corrected chi connectivity index (χ0v) is 12.6. The number of methoxy groups -OCH3 is 1. The monoisotopic (exact) mass is 289 g/mol. The molecule has 0 aromatic carbocycles. The van der Waals surface area contributed by atoms with Gasteiger partial charge in [0.15, 0.2) is 0 Å². The predicted octanol–water partition coefficient (Wildman–Crippen LogP) is 1.47. The van der Waals surface area contributed by atoms with E-state index >= 15 is 0 Å². The zero-order chi connectivity index (χ0) is 12.4. The fourth-order valence-electron chi connectivity index (χ4n) is 3.45. The maximum Gasteiger partial charge on any atom is 0.0684 e. The average Bonchev–Trinajstić information content (AvgIpc) is 2.62. The third kappa shape index (κ3) is 2.70. The van der Waals surface area contributed by atoms with Crippen molar-refractivity contribution in [1.29, 1.82) is 0 Å². The Morgan fingerprint density at radius 2 is 2.06 bits per heavy atom. The molecule has 2 aliphatic heterocycles. The van der Waals surface area contributed by atoms with E-state index in [1.807, 2.05) is 0 Å². The summed E-state index contributed by atoms with van der Waals surface area (Å²) in [6.45, 7) is 1.79. The van der Waals surface area contributed by atoms with E-state index in [2.05, 4.69) is 28.8 Å². The fourth-order valence-corrected chi connectivity index (χ4v) is 5.88. The van der Waals surface area contributed by atoms with Crippen molar-refractivity contribution in [3.8, 4) is 0 Å². The zero-order valence-electron chi connectivity index (χ0n) is 11.0. The van der Waals surface area contributed by atoms with E-state index < -0.39 is 0 Å². The lowest BCUT2D eigenvalue weighted by molar-refractivity contribution is -0.0856. The molecule has 0 unspecified atom stereocenters. The number of nitrogens with one attached hydrogen (secondary N) is 1. The van der Waals surface area contributed by atoms with E-state index in [0.29, 0.717) is 24.1 Å². The lowest BCUT2D eigenvalue weighted by Gasteiger charge is -2.49. The van der Waals surface area contributed by atoms with Gasteiger partial charge < -0.3 is 14.8 Å². The van der Waals surface area contributed by atoms with Gasteiger partial charge in [0.25, 0.3) is 0 Å². The van der Waals surface area contributed by atoms with E-state index in [9.17, 15) is 0 Å². The van der Waals surface area contributed by atoms with Crippen LogP contribution in [0.5, 0.6) is 0 Å². The number of rotatable bonds is 4. The van der Waals surface area contributed by atoms with Crippen LogP contribution in [-0.4, -0.2) is 61.5 Å². The van der Waals surface area contributed by atoms with Crippen LogP contribution < -0.4 is 5.32 Å². The first kappa shape index (κ1) is 13.6. The van der Waals surface area contributed by atoms with Gasteiger partial charge in [-0.2, -0.15) is 23.5 Å². The molecular weight excluding hydrogens is 266 g/mol. The van der Waals surface area contributed by atoms with Crippen LogP contribution in [0.3, 0.4) is 0 Å². The number of thioether (sulfide) groups is 2. The normalized spacial score (nSPS) is 41.2. The summed E-state index contributed by atoms with van der Waals surface area (Å²) < 4.78 is 11.2. The predicted molar refractivity (Wildman–Crippen MR) is 78.6 cm³/mol. The first-order valence-corrected chi connectivity index (χ1v) is 9.23. The second-order valence-electron chi connectivity index (χ2n) is 5.45. The first-order chi connectivity index (χ1) is 8.90. The largest absolute Gasteiger partial charge is 0.384 e. The van der Waals surface area contributed by atoms with Crippen LogP contribution in [0.2, 0.25) is 0 Å². The van der Waals surface area contributed by atoms with E-state index in [-0.39, 0.29) is 0 Å². The highest BCUT2D eigenvalue weighted by molar-refractivity contribution is 8.03. The van der Waals surface area contributed by atoms with Gasteiger partial charge >= 0.3 is 0 Å². The Kier molecular flexibility index (Phi) is 4.79. The van der Waals surface area contributed by atoms with Crippen molar-refractivity contribution < 1.29 is 9.47 Å². The molecule has 2 heterocycles. The minimum Gasteiger partial charge on any atom is -0.384 e. The average molecular weight is 289 g/mol. The highest BCUT2D eigenvalue weighted by Gasteiger charge is 2.53. The SMILES string of the molecule is COC[C@H]1[C@H](NC2CSCCSC2)[C@H]2CCO[C@H]21. The molecule has 0 radical (unpaired) electrons. The molecule has 2 saturated heterocycles. The van der Waals surface area contributed by atoms with Crippen LogP contribution >= 0.6 is 23.5 Å². The van der Waals surface area contributed by atoms with Gasteiger partial charge in [0.1, 0.15) is 0 Å². The molecule has 1 saturated carbocycles. The molecule has 0 amide bonds. The van der Waals surface area contributed by atoms with Crippen LogP contribution in [0.4, 0.5) is 0 Å². The highest BCUT2D eigenvalue weighted by Crippen LogP contribution is 2.44. The van der Waals surface area contributed by atoms with Gasteiger partial charge in [-0.05, 0) is 6.42 Å². The number of ether oxygens (including phenoxy) is 2. The standard InChI is InChI=1S/C13H23NO2S2/c1-15-6-11-12(10-2-3-16-13(10)11)14-9-7-17-4-5-18-8-9/h9-14H,2-8H2,1H3/t10-,11+,12-,13-/m1/s1. The first-order valence-electron chi connectivity index (χ1n) is 6.92. The van der Waals surface area contributed by atoms with Gasteiger partial charge in [0.05, 0.1) is 12.7 Å². The Balaban J connectivity index is 1.56. The lowest BCUT2D eigenvalue weighted by Crippen LogP contribution is -2.64.